The molecule has 0 unspecified atom stereocenters. The number of fused-ring (bicyclic) bond motifs is 1. The van der Waals surface area contributed by atoms with Crippen LogP contribution in [0.15, 0.2) is 42.5 Å². The Balaban J connectivity index is 1.98. The summed E-state index contributed by atoms with van der Waals surface area (Å²) in [7, 11) is 1.49. The van der Waals surface area contributed by atoms with Gasteiger partial charge in [0.2, 0.25) is 0 Å². The highest BCUT2D eigenvalue weighted by Gasteiger charge is 2.18. The van der Waals surface area contributed by atoms with Crippen LogP contribution < -0.4 is 10.1 Å². The first kappa shape index (κ1) is 14.7. The Labute approximate surface area is 130 Å². The Kier molecular flexibility index (Phi) is 3.76. The fraction of sp³-hybridized carbons (Fsp3) is 0.0625. The molecule has 2 aromatic carbocycles. The number of hydrogen-bond acceptors (Lipinski definition) is 5. The summed E-state index contributed by atoms with van der Waals surface area (Å²) in [5.74, 6) is -0.980. The molecule has 0 radical (unpaired) electrons. The third-order valence-electron chi connectivity index (χ3n) is 3.24. The number of halogens is 1. The SMILES string of the molecule is COc1ccc2nnc(C(=O)Nc3cccc(F)c3)c(O)c2c1. The van der Waals surface area contributed by atoms with Gasteiger partial charge in [-0.1, -0.05) is 6.07 Å². The fourth-order valence-electron chi connectivity index (χ4n) is 2.11. The van der Waals surface area contributed by atoms with Crippen LogP contribution in [0.1, 0.15) is 10.5 Å². The fourth-order valence-corrected chi connectivity index (χ4v) is 2.11. The number of hydrogen-bond donors (Lipinski definition) is 2. The number of anilines is 1. The van der Waals surface area contributed by atoms with Crippen molar-refractivity contribution in [1.29, 1.82) is 0 Å². The quantitative estimate of drug-likeness (QED) is 0.776. The lowest BCUT2D eigenvalue weighted by Gasteiger charge is -2.08. The number of aromatic hydroxyl groups is 1. The highest BCUT2D eigenvalue weighted by atomic mass is 19.1. The van der Waals surface area contributed by atoms with Gasteiger partial charge in [-0.2, -0.15) is 0 Å². The maximum absolute atomic E-state index is 13.1. The van der Waals surface area contributed by atoms with Crippen molar-refractivity contribution in [3.05, 3.63) is 54.0 Å². The number of aromatic nitrogens is 2. The lowest BCUT2D eigenvalue weighted by Crippen LogP contribution is -2.15. The molecule has 0 saturated heterocycles. The molecule has 6 nitrogen and oxygen atoms in total. The number of benzene rings is 2. The van der Waals surface area contributed by atoms with Crippen LogP contribution in [0.2, 0.25) is 0 Å². The number of methoxy groups -OCH3 is 1. The van der Waals surface area contributed by atoms with E-state index in [1.165, 1.54) is 25.3 Å². The van der Waals surface area contributed by atoms with Crippen molar-refractivity contribution in [3.8, 4) is 11.5 Å². The first-order chi connectivity index (χ1) is 11.1. The van der Waals surface area contributed by atoms with Crippen molar-refractivity contribution in [2.75, 3.05) is 12.4 Å². The van der Waals surface area contributed by atoms with Crippen LogP contribution in [0.3, 0.4) is 0 Å². The van der Waals surface area contributed by atoms with Crippen LogP contribution >= 0.6 is 0 Å². The second-order valence-electron chi connectivity index (χ2n) is 4.74. The van der Waals surface area contributed by atoms with Crippen molar-refractivity contribution < 1.29 is 19.0 Å². The minimum atomic E-state index is -0.690. The van der Waals surface area contributed by atoms with Gasteiger partial charge in [0, 0.05) is 5.69 Å². The molecule has 0 aliphatic carbocycles. The number of carbonyl (C=O) groups excluding carboxylic acids is 1. The standard InChI is InChI=1S/C16H12FN3O3/c1-23-11-5-6-13-12(8-11)15(21)14(20-19-13)16(22)18-10-4-2-3-9(17)7-10/h2-8H,1H3,(H,18,22)(H,19,21). The first-order valence-electron chi connectivity index (χ1n) is 6.69. The van der Waals surface area contributed by atoms with Gasteiger partial charge in [0.15, 0.2) is 11.4 Å². The molecule has 3 rings (SSSR count). The number of carbonyl (C=O) groups is 1. The largest absolute Gasteiger partial charge is 0.505 e. The van der Waals surface area contributed by atoms with Crippen molar-refractivity contribution in [3.63, 3.8) is 0 Å². The summed E-state index contributed by atoms with van der Waals surface area (Å²) in [4.78, 5) is 12.2. The molecule has 3 aromatic rings. The Morgan fingerprint density at radius 2 is 2.04 bits per heavy atom. The van der Waals surface area contributed by atoms with E-state index >= 15 is 0 Å². The minimum Gasteiger partial charge on any atom is -0.505 e. The number of rotatable bonds is 3. The third-order valence-corrected chi connectivity index (χ3v) is 3.24. The Bertz CT molecular complexity index is 899. The third kappa shape index (κ3) is 2.89. The molecule has 1 heterocycles. The van der Waals surface area contributed by atoms with E-state index in [2.05, 4.69) is 15.5 Å². The van der Waals surface area contributed by atoms with Crippen molar-refractivity contribution >= 4 is 22.5 Å². The van der Waals surface area contributed by atoms with Crippen LogP contribution in [0.4, 0.5) is 10.1 Å². The van der Waals surface area contributed by atoms with Crippen LogP contribution in [0, 0.1) is 5.82 Å². The van der Waals surface area contributed by atoms with Gasteiger partial charge in [-0.25, -0.2) is 4.39 Å². The van der Waals surface area contributed by atoms with Crippen molar-refractivity contribution in [1.82, 2.24) is 10.2 Å². The van der Waals surface area contributed by atoms with Crippen LogP contribution in [0.5, 0.6) is 11.5 Å². The van der Waals surface area contributed by atoms with E-state index in [1.807, 2.05) is 0 Å². The molecule has 0 aliphatic heterocycles. The Morgan fingerprint density at radius 3 is 2.78 bits per heavy atom. The van der Waals surface area contributed by atoms with Gasteiger partial charge in [0.25, 0.3) is 5.91 Å². The van der Waals surface area contributed by atoms with Crippen molar-refractivity contribution in [2.24, 2.45) is 0 Å². The molecule has 0 atom stereocenters. The molecule has 0 bridgehead atoms. The predicted octanol–water partition coefficient (Wildman–Crippen LogP) is 2.74. The number of nitrogens with one attached hydrogen (secondary N) is 1. The lowest BCUT2D eigenvalue weighted by atomic mass is 10.1. The van der Waals surface area contributed by atoms with Gasteiger partial charge >= 0.3 is 0 Å². The van der Waals surface area contributed by atoms with E-state index in [0.717, 1.165) is 6.07 Å². The molecule has 116 valence electrons. The zero-order valence-electron chi connectivity index (χ0n) is 12.1. The van der Waals surface area contributed by atoms with E-state index in [1.54, 1.807) is 18.2 Å². The Hall–Kier alpha value is -3.22. The van der Waals surface area contributed by atoms with Gasteiger partial charge in [0.1, 0.15) is 11.6 Å². The predicted molar refractivity (Wildman–Crippen MR) is 82.1 cm³/mol. The summed E-state index contributed by atoms with van der Waals surface area (Å²) in [5.41, 5.74) is 0.419. The van der Waals surface area contributed by atoms with Gasteiger partial charge < -0.3 is 15.2 Å². The monoisotopic (exact) mass is 313 g/mol. The molecule has 1 aromatic heterocycles. The molecular formula is C16H12FN3O3. The molecule has 2 N–H and O–H groups in total. The van der Waals surface area contributed by atoms with E-state index in [0.29, 0.717) is 16.7 Å². The van der Waals surface area contributed by atoms with Crippen molar-refractivity contribution in [2.45, 2.75) is 0 Å². The van der Waals surface area contributed by atoms with Crippen LogP contribution in [0.25, 0.3) is 10.9 Å². The average Bonchev–Trinajstić information content (AvgIpc) is 2.55. The molecular weight excluding hydrogens is 301 g/mol. The van der Waals surface area contributed by atoms with Gasteiger partial charge in [-0.3, -0.25) is 4.79 Å². The van der Waals surface area contributed by atoms with E-state index in [-0.39, 0.29) is 17.1 Å². The molecule has 0 saturated carbocycles. The number of amides is 1. The summed E-state index contributed by atoms with van der Waals surface area (Å²) < 4.78 is 18.2. The van der Waals surface area contributed by atoms with Gasteiger partial charge in [0.05, 0.1) is 18.0 Å². The summed E-state index contributed by atoms with van der Waals surface area (Å²) in [6.45, 7) is 0. The van der Waals surface area contributed by atoms with Gasteiger partial charge in [-0.05, 0) is 36.4 Å². The summed E-state index contributed by atoms with van der Waals surface area (Å²) in [6, 6.07) is 10.2. The second-order valence-corrected chi connectivity index (χ2v) is 4.74. The van der Waals surface area contributed by atoms with Crippen LogP contribution in [-0.2, 0) is 0 Å². The maximum atomic E-state index is 13.1. The van der Waals surface area contributed by atoms with E-state index in [4.69, 9.17) is 4.74 Å². The van der Waals surface area contributed by atoms with E-state index in [9.17, 15) is 14.3 Å². The summed E-state index contributed by atoms with van der Waals surface area (Å²) in [5, 5.41) is 20.7. The topological polar surface area (TPSA) is 84.3 Å². The number of nitrogens with zero attached hydrogens (tertiary/aromatic N) is 2. The molecule has 0 fully saturated rings. The summed E-state index contributed by atoms with van der Waals surface area (Å²) in [6.07, 6.45) is 0. The van der Waals surface area contributed by atoms with Crippen LogP contribution in [-0.4, -0.2) is 28.3 Å². The molecule has 23 heavy (non-hydrogen) atoms. The Morgan fingerprint density at radius 1 is 1.22 bits per heavy atom. The first-order valence-corrected chi connectivity index (χ1v) is 6.69. The number of ether oxygens (including phenoxy) is 1. The van der Waals surface area contributed by atoms with E-state index < -0.39 is 11.7 Å². The zero-order chi connectivity index (χ0) is 16.4. The maximum Gasteiger partial charge on any atom is 0.280 e. The molecule has 7 heteroatoms. The smallest absolute Gasteiger partial charge is 0.280 e. The second kappa shape index (κ2) is 5.88. The minimum absolute atomic E-state index is 0.252. The highest BCUT2D eigenvalue weighted by Crippen LogP contribution is 2.29. The zero-order valence-corrected chi connectivity index (χ0v) is 12.1. The lowest BCUT2D eigenvalue weighted by molar-refractivity contribution is 0.101. The average molecular weight is 313 g/mol. The summed E-state index contributed by atoms with van der Waals surface area (Å²) >= 11 is 0. The highest BCUT2D eigenvalue weighted by molar-refractivity contribution is 6.07. The molecule has 0 spiro atoms. The molecule has 0 aliphatic rings. The van der Waals surface area contributed by atoms with Gasteiger partial charge in [-0.15, -0.1) is 10.2 Å². The normalized spacial score (nSPS) is 10.5. The molecule has 1 amide bonds.